The Labute approximate surface area is 231 Å². The molecule has 2 aromatic carbocycles. The van der Waals surface area contributed by atoms with Gasteiger partial charge in [-0.3, -0.25) is 19.0 Å². The van der Waals surface area contributed by atoms with Gasteiger partial charge in [0.1, 0.15) is 0 Å². The van der Waals surface area contributed by atoms with Crippen molar-refractivity contribution in [3.63, 3.8) is 0 Å². The molecule has 1 atom stereocenters. The molecular formula is C30H32N4O4S. The maximum Gasteiger partial charge on any atom is 0.266 e. The fourth-order valence-corrected chi connectivity index (χ4v) is 6.24. The lowest BCUT2D eigenvalue weighted by atomic mass is 9.96. The summed E-state index contributed by atoms with van der Waals surface area (Å²) < 4.78 is 6.87. The summed E-state index contributed by atoms with van der Waals surface area (Å²) in [5.74, 6) is -0.482. The van der Waals surface area contributed by atoms with Crippen LogP contribution in [0.5, 0.6) is 0 Å². The number of fused-ring (bicyclic) bond motifs is 1. The first-order valence-electron chi connectivity index (χ1n) is 13.4. The number of hydrogen-bond donors (Lipinski definition) is 1. The fraction of sp³-hybridized carbons (Fsp3) is 0.333. The third-order valence-corrected chi connectivity index (χ3v) is 8.46. The smallest absolute Gasteiger partial charge is 0.266 e. The van der Waals surface area contributed by atoms with Crippen LogP contribution in [-0.4, -0.2) is 44.6 Å². The average molecular weight is 545 g/mol. The number of benzene rings is 2. The molecule has 0 spiro atoms. The van der Waals surface area contributed by atoms with Gasteiger partial charge >= 0.3 is 0 Å². The van der Waals surface area contributed by atoms with Crippen molar-refractivity contribution in [2.75, 3.05) is 13.1 Å². The zero-order valence-corrected chi connectivity index (χ0v) is 22.7. The van der Waals surface area contributed by atoms with E-state index in [2.05, 4.69) is 6.92 Å². The summed E-state index contributed by atoms with van der Waals surface area (Å²) in [6.07, 6.45) is 6.90. The molecule has 2 N–H and O–H groups in total. The molecule has 1 aliphatic rings. The first-order valence-corrected chi connectivity index (χ1v) is 14.2. The van der Waals surface area contributed by atoms with E-state index in [1.54, 1.807) is 23.2 Å². The summed E-state index contributed by atoms with van der Waals surface area (Å²) in [5.41, 5.74) is 8.39. The number of nitrogens with zero attached hydrogens (tertiary/aromatic N) is 3. The number of aromatic nitrogens is 2. The van der Waals surface area contributed by atoms with E-state index in [1.165, 1.54) is 11.8 Å². The Morgan fingerprint density at radius 1 is 1.10 bits per heavy atom. The second kappa shape index (κ2) is 11.9. The van der Waals surface area contributed by atoms with Crippen LogP contribution in [0.15, 0.2) is 81.5 Å². The summed E-state index contributed by atoms with van der Waals surface area (Å²) in [4.78, 5) is 46.0. The Bertz CT molecular complexity index is 1520. The normalized spacial score (nSPS) is 14.9. The summed E-state index contributed by atoms with van der Waals surface area (Å²) in [7, 11) is 0. The summed E-state index contributed by atoms with van der Waals surface area (Å²) in [6.45, 7) is 3.09. The van der Waals surface area contributed by atoms with Gasteiger partial charge in [-0.15, -0.1) is 0 Å². The highest BCUT2D eigenvalue weighted by Gasteiger charge is 2.31. The van der Waals surface area contributed by atoms with Crippen LogP contribution in [0.2, 0.25) is 0 Å². The SMILES string of the molecule is CCCCC(Sc1nc2ccccc2c(=O)n1-c1cccc(-c2ccoc2)c1)C(=O)N1CCC(C(N)=O)CC1. The first-order chi connectivity index (χ1) is 19.0. The van der Waals surface area contributed by atoms with Crippen molar-refractivity contribution in [2.45, 2.75) is 49.4 Å². The molecule has 39 heavy (non-hydrogen) atoms. The lowest BCUT2D eigenvalue weighted by Gasteiger charge is -2.33. The highest BCUT2D eigenvalue weighted by Crippen LogP contribution is 2.31. The van der Waals surface area contributed by atoms with Crippen LogP contribution < -0.4 is 11.3 Å². The number of carbonyl (C=O) groups is 2. The second-order valence-corrected chi connectivity index (χ2v) is 11.0. The van der Waals surface area contributed by atoms with Crippen molar-refractivity contribution in [3.8, 4) is 16.8 Å². The fourth-order valence-electron chi connectivity index (χ4n) is 5.01. The largest absolute Gasteiger partial charge is 0.472 e. The van der Waals surface area contributed by atoms with Crippen LogP contribution >= 0.6 is 11.8 Å². The lowest BCUT2D eigenvalue weighted by Crippen LogP contribution is -2.45. The third kappa shape index (κ3) is 5.78. The van der Waals surface area contributed by atoms with Gasteiger partial charge in [-0.25, -0.2) is 4.98 Å². The maximum absolute atomic E-state index is 13.9. The third-order valence-electron chi connectivity index (χ3n) is 7.26. The molecule has 2 aromatic heterocycles. The maximum atomic E-state index is 13.9. The number of hydrogen-bond acceptors (Lipinski definition) is 6. The predicted octanol–water partition coefficient (Wildman–Crippen LogP) is 5.02. The van der Waals surface area contributed by atoms with Gasteiger partial charge in [0.2, 0.25) is 11.8 Å². The summed E-state index contributed by atoms with van der Waals surface area (Å²) >= 11 is 1.34. The Hall–Kier alpha value is -3.85. The van der Waals surface area contributed by atoms with Gasteiger partial charge in [0, 0.05) is 24.6 Å². The van der Waals surface area contributed by atoms with E-state index in [0.29, 0.717) is 54.1 Å². The molecule has 5 rings (SSSR count). The molecule has 1 fully saturated rings. The number of nitrogens with two attached hydrogens (primary N) is 1. The number of para-hydroxylation sites is 1. The van der Waals surface area contributed by atoms with Crippen LogP contribution in [0.1, 0.15) is 39.0 Å². The van der Waals surface area contributed by atoms with Crippen molar-refractivity contribution in [2.24, 2.45) is 11.7 Å². The number of furan rings is 1. The van der Waals surface area contributed by atoms with Crippen LogP contribution in [0.3, 0.4) is 0 Å². The molecule has 8 nitrogen and oxygen atoms in total. The molecule has 0 aliphatic carbocycles. The molecule has 9 heteroatoms. The number of piperidine rings is 1. The summed E-state index contributed by atoms with van der Waals surface area (Å²) in [6, 6.07) is 16.8. The topological polar surface area (TPSA) is 111 Å². The van der Waals surface area contributed by atoms with Crippen LogP contribution in [0, 0.1) is 5.92 Å². The molecule has 1 unspecified atom stereocenters. The molecule has 2 amide bonds. The van der Waals surface area contributed by atoms with Gasteiger partial charge in [-0.05, 0) is 55.2 Å². The quantitative estimate of drug-likeness (QED) is 0.234. The number of primary amides is 1. The number of thioether (sulfide) groups is 1. The summed E-state index contributed by atoms with van der Waals surface area (Å²) in [5, 5.41) is 0.580. The Kier molecular flexibility index (Phi) is 8.16. The van der Waals surface area contributed by atoms with Gasteiger partial charge in [0.25, 0.3) is 5.56 Å². The molecule has 4 aromatic rings. The molecule has 0 saturated carbocycles. The van der Waals surface area contributed by atoms with Crippen molar-refractivity contribution < 1.29 is 14.0 Å². The molecular weight excluding hydrogens is 512 g/mol. The van der Waals surface area contributed by atoms with Crippen molar-refractivity contribution in [1.29, 1.82) is 0 Å². The number of likely N-dealkylation sites (tertiary alicyclic amines) is 1. The van der Waals surface area contributed by atoms with Crippen LogP contribution in [0.4, 0.5) is 0 Å². The first kappa shape index (κ1) is 26.7. The van der Waals surface area contributed by atoms with Gasteiger partial charge in [0.05, 0.1) is 34.4 Å². The van der Waals surface area contributed by atoms with Crippen molar-refractivity contribution in [3.05, 3.63) is 77.5 Å². The highest BCUT2D eigenvalue weighted by molar-refractivity contribution is 8.00. The van der Waals surface area contributed by atoms with E-state index in [4.69, 9.17) is 15.1 Å². The number of amides is 2. The van der Waals surface area contributed by atoms with Gasteiger partial charge in [0.15, 0.2) is 5.16 Å². The van der Waals surface area contributed by atoms with Crippen molar-refractivity contribution in [1.82, 2.24) is 14.5 Å². The molecule has 1 aliphatic heterocycles. The standard InChI is InChI=1S/C30H32N4O4S/c1-2-3-11-26(29(37)33-15-12-20(13-16-33)27(31)35)39-30-32-25-10-5-4-9-24(25)28(36)34(30)23-8-6-7-21(18-23)22-14-17-38-19-22/h4-10,14,17-20,26H,2-3,11-13,15-16H2,1H3,(H2,31,35). The highest BCUT2D eigenvalue weighted by atomic mass is 32.2. The van der Waals surface area contributed by atoms with E-state index < -0.39 is 5.25 Å². The van der Waals surface area contributed by atoms with E-state index >= 15 is 0 Å². The average Bonchev–Trinajstić information content (AvgIpc) is 3.50. The van der Waals surface area contributed by atoms with Crippen LogP contribution in [0.25, 0.3) is 27.7 Å². The van der Waals surface area contributed by atoms with E-state index in [-0.39, 0.29) is 23.3 Å². The Balaban J connectivity index is 1.54. The Morgan fingerprint density at radius 3 is 2.62 bits per heavy atom. The number of carbonyl (C=O) groups excluding carboxylic acids is 2. The van der Waals surface area contributed by atoms with Gasteiger partial charge in [-0.1, -0.05) is 55.8 Å². The number of rotatable bonds is 9. The van der Waals surface area contributed by atoms with E-state index in [1.807, 2.05) is 53.4 Å². The zero-order valence-electron chi connectivity index (χ0n) is 21.9. The van der Waals surface area contributed by atoms with Gasteiger partial charge < -0.3 is 15.1 Å². The second-order valence-electron chi connectivity index (χ2n) is 9.87. The van der Waals surface area contributed by atoms with Crippen molar-refractivity contribution >= 4 is 34.5 Å². The Morgan fingerprint density at radius 2 is 1.90 bits per heavy atom. The molecule has 0 bridgehead atoms. The minimum atomic E-state index is -0.411. The van der Waals surface area contributed by atoms with E-state index in [0.717, 1.165) is 24.0 Å². The van der Waals surface area contributed by atoms with Crippen LogP contribution in [-0.2, 0) is 9.59 Å². The predicted molar refractivity (Wildman–Crippen MR) is 153 cm³/mol. The molecule has 0 radical (unpaired) electrons. The zero-order chi connectivity index (χ0) is 27.4. The minimum absolute atomic E-state index is 0.0116. The lowest BCUT2D eigenvalue weighted by molar-refractivity contribution is -0.134. The monoisotopic (exact) mass is 544 g/mol. The minimum Gasteiger partial charge on any atom is -0.472 e. The van der Waals surface area contributed by atoms with Gasteiger partial charge in [-0.2, -0.15) is 0 Å². The van der Waals surface area contributed by atoms with E-state index in [9.17, 15) is 14.4 Å². The number of unbranched alkanes of at least 4 members (excludes halogenated alkanes) is 1. The molecule has 3 heterocycles. The molecule has 1 saturated heterocycles. The molecule has 202 valence electrons.